The summed E-state index contributed by atoms with van der Waals surface area (Å²) >= 11 is 5.37. The lowest BCUT2D eigenvalue weighted by Crippen LogP contribution is -2.32. The van der Waals surface area contributed by atoms with Crippen LogP contribution < -0.4 is 5.73 Å². The van der Waals surface area contributed by atoms with E-state index in [9.17, 15) is 0 Å². The summed E-state index contributed by atoms with van der Waals surface area (Å²) in [4.78, 5) is 1.56. The van der Waals surface area contributed by atoms with Gasteiger partial charge in [0, 0.05) is 21.3 Å². The number of fused-ring (bicyclic) bond motifs is 1. The first-order valence-corrected chi connectivity index (χ1v) is 8.47. The molecule has 0 bridgehead atoms. The van der Waals surface area contributed by atoms with Crippen molar-refractivity contribution in [2.45, 2.75) is 37.6 Å². The number of rotatable bonds is 3. The van der Waals surface area contributed by atoms with Crippen molar-refractivity contribution in [1.82, 2.24) is 0 Å². The Labute approximate surface area is 127 Å². The molecule has 0 amide bonds. The molecule has 1 aromatic heterocycles. The summed E-state index contributed by atoms with van der Waals surface area (Å²) in [5, 5.41) is 2.22. The average molecular weight is 336 g/mol. The number of hydrogen-bond acceptors (Lipinski definition) is 2. The van der Waals surface area contributed by atoms with E-state index in [1.54, 1.807) is 4.88 Å². The Morgan fingerprint density at radius 2 is 2.05 bits per heavy atom. The average Bonchev–Trinajstić information content (AvgIpc) is 2.89. The molecule has 2 aromatic rings. The van der Waals surface area contributed by atoms with Crippen LogP contribution in [0.1, 0.15) is 34.8 Å². The molecule has 1 aromatic carbocycles. The molecular formula is C16H18BrNS. The van der Waals surface area contributed by atoms with Gasteiger partial charge in [-0.25, -0.2) is 0 Å². The molecule has 1 aliphatic carbocycles. The third-order valence-electron chi connectivity index (χ3n) is 4.00. The van der Waals surface area contributed by atoms with Gasteiger partial charge in [-0.3, -0.25) is 0 Å². The first-order valence-electron chi connectivity index (χ1n) is 6.80. The summed E-state index contributed by atoms with van der Waals surface area (Å²) in [6.07, 6.45) is 4.73. The van der Waals surface area contributed by atoms with Crippen LogP contribution in [0.2, 0.25) is 0 Å². The highest BCUT2D eigenvalue weighted by Crippen LogP contribution is 2.37. The van der Waals surface area contributed by atoms with Crippen molar-refractivity contribution in [1.29, 1.82) is 0 Å². The van der Waals surface area contributed by atoms with Crippen LogP contribution in [0, 0.1) is 0 Å². The molecule has 0 aliphatic heterocycles. The topological polar surface area (TPSA) is 26.0 Å². The Kier molecular flexibility index (Phi) is 4.06. The molecule has 3 rings (SSSR count). The van der Waals surface area contributed by atoms with E-state index < -0.39 is 0 Å². The van der Waals surface area contributed by atoms with Gasteiger partial charge in [-0.05, 0) is 60.4 Å². The second-order valence-electron chi connectivity index (χ2n) is 5.29. The molecule has 1 aliphatic rings. The Bertz CT molecular complexity index is 546. The zero-order chi connectivity index (χ0) is 13.2. The van der Waals surface area contributed by atoms with Gasteiger partial charge in [-0.1, -0.05) is 28.1 Å². The molecule has 3 heteroatoms. The minimum atomic E-state index is 0.231. The van der Waals surface area contributed by atoms with Gasteiger partial charge in [0.15, 0.2) is 0 Å². The van der Waals surface area contributed by atoms with Crippen LogP contribution in [0.3, 0.4) is 0 Å². The minimum Gasteiger partial charge on any atom is -0.327 e. The largest absolute Gasteiger partial charge is 0.327 e. The second kappa shape index (κ2) is 5.78. The lowest BCUT2D eigenvalue weighted by Gasteiger charge is -2.28. The number of halogens is 1. The second-order valence-corrected chi connectivity index (χ2v) is 7.21. The number of nitrogens with two attached hydrogens (primary N) is 1. The smallest absolute Gasteiger partial charge is 0.0175 e. The van der Waals surface area contributed by atoms with Crippen LogP contribution in [0.15, 0.2) is 40.2 Å². The van der Waals surface area contributed by atoms with Crippen molar-refractivity contribution in [3.8, 4) is 0 Å². The fraction of sp³-hybridized carbons (Fsp3) is 0.375. The standard InChI is InChI=1S/C16H18BrNS/c17-12-6-4-11(5-7-12)10-15(18)13-2-1-3-16-14(13)8-9-19-16/h4-9,13,15H,1-3,10,18H2. The van der Waals surface area contributed by atoms with E-state index in [1.165, 1.54) is 30.4 Å². The summed E-state index contributed by atoms with van der Waals surface area (Å²) in [5.74, 6) is 0.540. The van der Waals surface area contributed by atoms with Crippen molar-refractivity contribution >= 4 is 27.3 Å². The number of benzene rings is 1. The molecular weight excluding hydrogens is 318 g/mol. The number of aryl methyl sites for hydroxylation is 1. The molecule has 0 radical (unpaired) electrons. The molecule has 0 fully saturated rings. The maximum absolute atomic E-state index is 6.49. The van der Waals surface area contributed by atoms with Gasteiger partial charge in [0.2, 0.25) is 0 Å². The highest BCUT2D eigenvalue weighted by atomic mass is 79.9. The number of hydrogen-bond donors (Lipinski definition) is 1. The highest BCUT2D eigenvalue weighted by molar-refractivity contribution is 9.10. The molecule has 1 heterocycles. The van der Waals surface area contributed by atoms with Gasteiger partial charge in [0.25, 0.3) is 0 Å². The SMILES string of the molecule is NC(Cc1ccc(Br)cc1)C1CCCc2sccc21. The zero-order valence-corrected chi connectivity index (χ0v) is 13.2. The van der Waals surface area contributed by atoms with Crippen LogP contribution in [0.5, 0.6) is 0 Å². The highest BCUT2D eigenvalue weighted by Gasteiger charge is 2.26. The van der Waals surface area contributed by atoms with Crippen molar-refractivity contribution in [3.05, 3.63) is 56.2 Å². The maximum Gasteiger partial charge on any atom is 0.0175 e. The van der Waals surface area contributed by atoms with E-state index in [-0.39, 0.29) is 6.04 Å². The fourth-order valence-electron chi connectivity index (χ4n) is 3.00. The van der Waals surface area contributed by atoms with Crippen LogP contribution in [0.25, 0.3) is 0 Å². The summed E-state index contributed by atoms with van der Waals surface area (Å²) in [6.45, 7) is 0. The predicted octanol–water partition coefficient (Wildman–Crippen LogP) is 4.50. The van der Waals surface area contributed by atoms with Crippen molar-refractivity contribution < 1.29 is 0 Å². The van der Waals surface area contributed by atoms with Gasteiger partial charge in [-0.2, -0.15) is 0 Å². The zero-order valence-electron chi connectivity index (χ0n) is 10.8. The summed E-state index contributed by atoms with van der Waals surface area (Å²) in [5.41, 5.74) is 9.33. The fourth-order valence-corrected chi connectivity index (χ4v) is 4.26. The van der Waals surface area contributed by atoms with E-state index in [4.69, 9.17) is 5.73 Å². The van der Waals surface area contributed by atoms with E-state index in [0.717, 1.165) is 10.9 Å². The summed E-state index contributed by atoms with van der Waals surface area (Å²) < 4.78 is 1.13. The first kappa shape index (κ1) is 13.3. The Morgan fingerprint density at radius 3 is 2.84 bits per heavy atom. The van der Waals surface area contributed by atoms with Crippen LogP contribution in [-0.2, 0) is 12.8 Å². The predicted molar refractivity (Wildman–Crippen MR) is 85.8 cm³/mol. The van der Waals surface area contributed by atoms with Crippen molar-refractivity contribution in [3.63, 3.8) is 0 Å². The molecule has 100 valence electrons. The Balaban J connectivity index is 1.75. The van der Waals surface area contributed by atoms with Gasteiger partial charge in [0.1, 0.15) is 0 Å². The van der Waals surface area contributed by atoms with Crippen LogP contribution in [-0.4, -0.2) is 6.04 Å². The quantitative estimate of drug-likeness (QED) is 0.877. The van der Waals surface area contributed by atoms with Gasteiger partial charge in [0.05, 0.1) is 0 Å². The van der Waals surface area contributed by atoms with Gasteiger partial charge in [-0.15, -0.1) is 11.3 Å². The van der Waals surface area contributed by atoms with Crippen molar-refractivity contribution in [2.75, 3.05) is 0 Å². The molecule has 0 saturated heterocycles. The lowest BCUT2D eigenvalue weighted by molar-refractivity contribution is 0.464. The van der Waals surface area contributed by atoms with Crippen molar-refractivity contribution in [2.24, 2.45) is 5.73 Å². The summed E-state index contributed by atoms with van der Waals surface area (Å²) in [7, 11) is 0. The third-order valence-corrected chi connectivity index (χ3v) is 5.52. The Hall–Kier alpha value is -0.640. The monoisotopic (exact) mass is 335 g/mol. The molecule has 1 nitrogen and oxygen atoms in total. The third kappa shape index (κ3) is 2.93. The molecule has 2 unspecified atom stereocenters. The van der Waals surface area contributed by atoms with Crippen LogP contribution in [0.4, 0.5) is 0 Å². The Morgan fingerprint density at radius 1 is 1.26 bits per heavy atom. The maximum atomic E-state index is 6.49. The van der Waals surface area contributed by atoms with Crippen LogP contribution >= 0.6 is 27.3 Å². The molecule has 0 saturated carbocycles. The van der Waals surface area contributed by atoms with E-state index in [1.807, 2.05) is 11.3 Å². The van der Waals surface area contributed by atoms with E-state index in [0.29, 0.717) is 5.92 Å². The summed E-state index contributed by atoms with van der Waals surface area (Å²) in [6, 6.07) is 11.0. The van der Waals surface area contributed by atoms with Gasteiger partial charge >= 0.3 is 0 Å². The number of thiophene rings is 1. The van der Waals surface area contributed by atoms with E-state index >= 15 is 0 Å². The molecule has 2 N–H and O–H groups in total. The van der Waals surface area contributed by atoms with E-state index in [2.05, 4.69) is 51.6 Å². The molecule has 2 atom stereocenters. The van der Waals surface area contributed by atoms with Gasteiger partial charge < -0.3 is 5.73 Å². The molecule has 19 heavy (non-hydrogen) atoms. The minimum absolute atomic E-state index is 0.231. The first-order chi connectivity index (χ1) is 9.24. The normalized spacial score (nSPS) is 20.0. The molecule has 0 spiro atoms. The lowest BCUT2D eigenvalue weighted by atomic mass is 9.81.